The topological polar surface area (TPSA) is 108 Å². The van der Waals surface area contributed by atoms with Crippen molar-refractivity contribution in [3.8, 4) is 11.5 Å². The van der Waals surface area contributed by atoms with E-state index in [4.69, 9.17) is 9.47 Å². The Hall–Kier alpha value is -4.20. The number of nitrogens with zero attached hydrogens (tertiary/aromatic N) is 1. The number of carbonyl (C=O) groups is 2. The minimum atomic E-state index is -1.08. The molecule has 0 saturated heterocycles. The maximum Gasteiger partial charge on any atom is 0.318 e. The summed E-state index contributed by atoms with van der Waals surface area (Å²) in [5, 5.41) is 13.3. The number of nitro groups is 1. The van der Waals surface area contributed by atoms with Crippen molar-refractivity contribution in [1.82, 2.24) is 0 Å². The van der Waals surface area contributed by atoms with E-state index >= 15 is 0 Å². The van der Waals surface area contributed by atoms with Gasteiger partial charge in [0.2, 0.25) is 0 Å². The number of para-hydroxylation sites is 2. The van der Waals surface area contributed by atoms with E-state index in [0.29, 0.717) is 28.3 Å². The average molecular weight is 418 g/mol. The molecule has 1 atom stereocenters. The van der Waals surface area contributed by atoms with Crippen molar-refractivity contribution in [2.75, 3.05) is 5.32 Å². The molecule has 3 aromatic carbocycles. The first-order valence-corrected chi connectivity index (χ1v) is 9.55. The second kappa shape index (κ2) is 8.27. The number of hydrogen-bond donors (Lipinski definition) is 1. The van der Waals surface area contributed by atoms with Crippen LogP contribution in [-0.4, -0.2) is 22.9 Å². The smallest absolute Gasteiger partial charge is 0.318 e. The van der Waals surface area contributed by atoms with Gasteiger partial charge in [-0.2, -0.15) is 0 Å². The van der Waals surface area contributed by atoms with E-state index in [1.165, 1.54) is 31.2 Å². The predicted molar refractivity (Wildman–Crippen MR) is 112 cm³/mol. The van der Waals surface area contributed by atoms with Crippen molar-refractivity contribution in [3.63, 3.8) is 0 Å². The molecule has 0 aromatic heterocycles. The van der Waals surface area contributed by atoms with Crippen LogP contribution in [-0.2, 0) is 14.3 Å². The van der Waals surface area contributed by atoms with Gasteiger partial charge in [0.05, 0.1) is 4.92 Å². The zero-order chi connectivity index (χ0) is 22.0. The zero-order valence-electron chi connectivity index (χ0n) is 16.5. The molecule has 0 bridgehead atoms. The molecule has 8 heteroatoms. The van der Waals surface area contributed by atoms with E-state index in [2.05, 4.69) is 5.32 Å². The van der Waals surface area contributed by atoms with Gasteiger partial charge in [0.15, 0.2) is 6.10 Å². The number of nitrogens with one attached hydrogen (secondary N) is 1. The van der Waals surface area contributed by atoms with E-state index in [1.807, 2.05) is 12.1 Å². The lowest BCUT2D eigenvalue weighted by molar-refractivity contribution is -0.384. The molecule has 31 heavy (non-hydrogen) atoms. The van der Waals surface area contributed by atoms with Gasteiger partial charge >= 0.3 is 5.97 Å². The van der Waals surface area contributed by atoms with Gasteiger partial charge in [0, 0.05) is 28.9 Å². The molecule has 0 saturated carbocycles. The molecule has 1 amide bonds. The number of carbonyl (C=O) groups excluding carboxylic acids is 2. The van der Waals surface area contributed by atoms with Gasteiger partial charge in [-0.3, -0.25) is 19.7 Å². The number of esters is 1. The number of benzene rings is 3. The fraction of sp³-hybridized carbons (Fsp3) is 0.130. The first-order valence-electron chi connectivity index (χ1n) is 9.55. The van der Waals surface area contributed by atoms with Crippen LogP contribution in [0, 0.1) is 10.1 Å². The second-order valence-electron chi connectivity index (χ2n) is 6.98. The van der Waals surface area contributed by atoms with Crippen molar-refractivity contribution in [3.05, 3.63) is 94.0 Å². The molecule has 156 valence electrons. The molecule has 0 aliphatic carbocycles. The van der Waals surface area contributed by atoms with Crippen LogP contribution in [0.15, 0.2) is 72.8 Å². The highest BCUT2D eigenvalue weighted by molar-refractivity contribution is 5.96. The summed E-state index contributed by atoms with van der Waals surface area (Å²) in [4.78, 5) is 35.8. The maximum absolute atomic E-state index is 13.1. The molecule has 0 fully saturated rings. The van der Waals surface area contributed by atoms with Gasteiger partial charge in [-0.25, -0.2) is 0 Å². The number of fused-ring (bicyclic) bond motifs is 2. The fourth-order valence-corrected chi connectivity index (χ4v) is 3.37. The summed E-state index contributed by atoms with van der Waals surface area (Å²) >= 11 is 0. The number of ether oxygens (including phenoxy) is 2. The van der Waals surface area contributed by atoms with Gasteiger partial charge in [-0.05, 0) is 31.2 Å². The third-order valence-corrected chi connectivity index (χ3v) is 4.92. The minimum absolute atomic E-state index is 0.0886. The first kappa shape index (κ1) is 20.1. The van der Waals surface area contributed by atoms with Crippen LogP contribution in [0.3, 0.4) is 0 Å². The molecule has 3 aromatic rings. The number of non-ortho nitro benzene ring substituents is 1. The second-order valence-corrected chi connectivity index (χ2v) is 6.98. The summed E-state index contributed by atoms with van der Waals surface area (Å²) in [6.45, 7) is 1.47. The lowest BCUT2D eigenvalue weighted by atomic mass is 9.88. The summed E-state index contributed by atoms with van der Waals surface area (Å²) in [6, 6.07) is 19.8. The third-order valence-electron chi connectivity index (χ3n) is 4.92. The van der Waals surface area contributed by atoms with Crippen LogP contribution in [0.2, 0.25) is 0 Å². The van der Waals surface area contributed by atoms with Gasteiger partial charge in [0.1, 0.15) is 17.4 Å². The van der Waals surface area contributed by atoms with Gasteiger partial charge < -0.3 is 14.8 Å². The number of amides is 1. The largest absolute Gasteiger partial charge is 0.457 e. The van der Waals surface area contributed by atoms with Gasteiger partial charge in [-0.1, -0.05) is 36.4 Å². The van der Waals surface area contributed by atoms with E-state index in [-0.39, 0.29) is 5.69 Å². The molecule has 4 rings (SSSR count). The molecule has 0 radical (unpaired) electrons. The summed E-state index contributed by atoms with van der Waals surface area (Å²) < 4.78 is 11.4. The van der Waals surface area contributed by atoms with Crippen LogP contribution >= 0.6 is 0 Å². The fourth-order valence-electron chi connectivity index (χ4n) is 3.37. The van der Waals surface area contributed by atoms with Crippen molar-refractivity contribution in [2.24, 2.45) is 0 Å². The number of hydrogen-bond acceptors (Lipinski definition) is 6. The maximum atomic E-state index is 13.1. The Morgan fingerprint density at radius 2 is 1.52 bits per heavy atom. The lowest BCUT2D eigenvalue weighted by Gasteiger charge is -2.27. The van der Waals surface area contributed by atoms with Crippen molar-refractivity contribution < 1.29 is 24.0 Å². The molecule has 1 unspecified atom stereocenters. The van der Waals surface area contributed by atoms with Crippen LogP contribution < -0.4 is 10.1 Å². The Kier molecular flexibility index (Phi) is 5.36. The average Bonchev–Trinajstić information content (AvgIpc) is 2.77. The standard InChI is InChI=1S/C23H18N2O6/c1-14(22(26)24-15-10-12-16(13-11-15)25(28)29)30-23(27)21-17-6-2-4-8-19(17)31-20-9-5-3-7-18(20)21/h2-14,21H,1H3,(H,24,26). The summed E-state index contributed by atoms with van der Waals surface area (Å²) in [7, 11) is 0. The lowest BCUT2D eigenvalue weighted by Crippen LogP contribution is -2.32. The van der Waals surface area contributed by atoms with E-state index in [0.717, 1.165) is 0 Å². The molecule has 1 N–H and O–H groups in total. The molecule has 0 spiro atoms. The predicted octanol–water partition coefficient (Wildman–Crippen LogP) is 4.40. The molecular weight excluding hydrogens is 400 g/mol. The van der Waals surface area contributed by atoms with E-state index < -0.39 is 28.8 Å². The Morgan fingerprint density at radius 3 is 2.06 bits per heavy atom. The summed E-state index contributed by atoms with van der Waals surface area (Å²) in [6.07, 6.45) is -1.08. The Morgan fingerprint density at radius 1 is 0.968 bits per heavy atom. The van der Waals surface area contributed by atoms with Crippen LogP contribution in [0.5, 0.6) is 11.5 Å². The molecule has 1 aliphatic rings. The van der Waals surface area contributed by atoms with Crippen molar-refractivity contribution in [1.29, 1.82) is 0 Å². The number of anilines is 1. The Bertz CT molecular complexity index is 1110. The molecule has 1 aliphatic heterocycles. The molecule has 8 nitrogen and oxygen atoms in total. The van der Waals surface area contributed by atoms with Crippen molar-refractivity contribution in [2.45, 2.75) is 18.9 Å². The third kappa shape index (κ3) is 4.09. The quantitative estimate of drug-likeness (QED) is 0.374. The van der Waals surface area contributed by atoms with Crippen LogP contribution in [0.25, 0.3) is 0 Å². The van der Waals surface area contributed by atoms with Crippen molar-refractivity contribution >= 4 is 23.3 Å². The highest BCUT2D eigenvalue weighted by atomic mass is 16.6. The highest BCUT2D eigenvalue weighted by Crippen LogP contribution is 2.44. The Labute approximate surface area is 177 Å². The van der Waals surface area contributed by atoms with Gasteiger partial charge in [0.25, 0.3) is 11.6 Å². The van der Waals surface area contributed by atoms with E-state index in [9.17, 15) is 19.7 Å². The SMILES string of the molecule is CC(OC(=O)C1c2ccccc2Oc2ccccc21)C(=O)Nc1ccc([N+](=O)[O-])cc1. The van der Waals surface area contributed by atoms with Gasteiger partial charge in [-0.15, -0.1) is 0 Å². The Balaban J connectivity index is 1.50. The zero-order valence-corrected chi connectivity index (χ0v) is 16.5. The monoisotopic (exact) mass is 418 g/mol. The summed E-state index contributed by atoms with van der Waals surface area (Å²) in [5.41, 5.74) is 1.60. The molecule has 1 heterocycles. The van der Waals surface area contributed by atoms with E-state index in [1.54, 1.807) is 36.4 Å². The number of rotatable bonds is 5. The van der Waals surface area contributed by atoms with Crippen LogP contribution in [0.1, 0.15) is 24.0 Å². The minimum Gasteiger partial charge on any atom is -0.457 e. The summed E-state index contributed by atoms with van der Waals surface area (Å²) in [5.74, 6) is -0.724. The highest BCUT2D eigenvalue weighted by Gasteiger charge is 2.35. The normalized spacial score (nSPS) is 13.2. The first-order chi connectivity index (χ1) is 14.9. The number of nitro benzene ring substituents is 1. The van der Waals surface area contributed by atoms with Crippen LogP contribution in [0.4, 0.5) is 11.4 Å². The molecular formula is C23H18N2O6.